The maximum absolute atomic E-state index is 12.9. The second-order valence-electron chi connectivity index (χ2n) is 6.20. The summed E-state index contributed by atoms with van der Waals surface area (Å²) in [6, 6.07) is 15.0. The zero-order valence-electron chi connectivity index (χ0n) is 14.9. The van der Waals surface area contributed by atoms with Crippen LogP contribution in [-0.4, -0.2) is 29.3 Å². The van der Waals surface area contributed by atoms with Crippen molar-refractivity contribution in [2.45, 2.75) is 36.8 Å². The minimum atomic E-state index is -0.898. The molecule has 1 N–H and O–H groups in total. The second-order valence-corrected chi connectivity index (χ2v) is 7.59. The maximum Gasteiger partial charge on any atom is 0.316 e. The predicted molar refractivity (Wildman–Crippen MR) is 103 cm³/mol. The molecule has 0 fully saturated rings. The summed E-state index contributed by atoms with van der Waals surface area (Å²) in [5.74, 6) is -0.618. The number of aliphatic carboxylic acids is 1. The molecule has 0 bridgehead atoms. The molecule has 0 saturated carbocycles. The Hall–Kier alpha value is -2.27. The Bertz CT molecular complexity index is 756. The van der Waals surface area contributed by atoms with E-state index >= 15 is 0 Å². The smallest absolute Gasteiger partial charge is 0.316 e. The Kier molecular flexibility index (Phi) is 6.26. The van der Waals surface area contributed by atoms with E-state index in [4.69, 9.17) is 5.11 Å². The van der Waals surface area contributed by atoms with Gasteiger partial charge in [-0.2, -0.15) is 0 Å². The van der Waals surface area contributed by atoms with Crippen LogP contribution in [0.2, 0.25) is 0 Å². The molecule has 4 nitrogen and oxygen atoms in total. The molecule has 1 atom stereocenters. The van der Waals surface area contributed by atoms with Crippen molar-refractivity contribution in [1.29, 1.82) is 0 Å². The molecule has 5 heteroatoms. The largest absolute Gasteiger partial charge is 0.480 e. The summed E-state index contributed by atoms with van der Waals surface area (Å²) in [6.07, 6.45) is 0. The zero-order valence-corrected chi connectivity index (χ0v) is 15.7. The lowest BCUT2D eigenvalue weighted by molar-refractivity contribution is -0.136. The fourth-order valence-electron chi connectivity index (χ4n) is 2.37. The van der Waals surface area contributed by atoms with Gasteiger partial charge in [-0.25, -0.2) is 0 Å². The van der Waals surface area contributed by atoms with Gasteiger partial charge in [0.25, 0.3) is 5.91 Å². The van der Waals surface area contributed by atoms with Crippen molar-refractivity contribution in [3.63, 3.8) is 0 Å². The summed E-state index contributed by atoms with van der Waals surface area (Å²) >= 11 is 1.18. The average molecular weight is 357 g/mol. The van der Waals surface area contributed by atoms with Crippen LogP contribution in [0.4, 0.5) is 5.69 Å². The number of thioether (sulfide) groups is 1. The summed E-state index contributed by atoms with van der Waals surface area (Å²) in [7, 11) is 1.73. The summed E-state index contributed by atoms with van der Waals surface area (Å²) in [4.78, 5) is 26.3. The SMILES string of the molecule is CC(Sc1ccccc1C(=O)N(C)c1ccc(C(C)C)cc1)C(=O)O. The highest BCUT2D eigenvalue weighted by atomic mass is 32.2. The van der Waals surface area contributed by atoms with E-state index in [0.717, 1.165) is 5.69 Å². The maximum atomic E-state index is 12.9. The number of carbonyl (C=O) groups is 2. The normalized spacial score (nSPS) is 12.0. The number of rotatable bonds is 6. The van der Waals surface area contributed by atoms with E-state index in [1.54, 1.807) is 37.1 Å². The molecule has 0 aromatic heterocycles. The molecule has 0 saturated heterocycles. The van der Waals surface area contributed by atoms with Gasteiger partial charge in [0, 0.05) is 17.6 Å². The second kappa shape index (κ2) is 8.21. The summed E-state index contributed by atoms with van der Waals surface area (Å²) in [5.41, 5.74) is 2.53. The van der Waals surface area contributed by atoms with Crippen LogP contribution in [0.5, 0.6) is 0 Å². The van der Waals surface area contributed by atoms with Gasteiger partial charge in [0.05, 0.1) is 5.56 Å². The van der Waals surface area contributed by atoms with Crippen LogP contribution in [0.15, 0.2) is 53.4 Å². The first-order valence-electron chi connectivity index (χ1n) is 8.17. The fraction of sp³-hybridized carbons (Fsp3) is 0.300. The molecule has 1 amide bonds. The van der Waals surface area contributed by atoms with Crippen LogP contribution >= 0.6 is 11.8 Å². The van der Waals surface area contributed by atoms with Crippen LogP contribution < -0.4 is 4.90 Å². The Morgan fingerprint density at radius 1 is 1.00 bits per heavy atom. The number of anilines is 1. The van der Waals surface area contributed by atoms with Gasteiger partial charge < -0.3 is 10.0 Å². The fourth-order valence-corrected chi connectivity index (χ4v) is 3.29. The van der Waals surface area contributed by atoms with Gasteiger partial charge in [-0.15, -0.1) is 11.8 Å². The van der Waals surface area contributed by atoms with E-state index in [9.17, 15) is 9.59 Å². The lowest BCUT2D eigenvalue weighted by Crippen LogP contribution is -2.27. The Morgan fingerprint density at radius 3 is 2.16 bits per heavy atom. The van der Waals surface area contributed by atoms with E-state index in [1.165, 1.54) is 17.3 Å². The first-order valence-corrected chi connectivity index (χ1v) is 9.05. The van der Waals surface area contributed by atoms with Crippen LogP contribution in [0.25, 0.3) is 0 Å². The Labute approximate surface area is 152 Å². The van der Waals surface area contributed by atoms with Crippen molar-refractivity contribution < 1.29 is 14.7 Å². The number of nitrogens with zero attached hydrogens (tertiary/aromatic N) is 1. The molecule has 1 unspecified atom stereocenters. The average Bonchev–Trinajstić information content (AvgIpc) is 2.61. The number of amides is 1. The van der Waals surface area contributed by atoms with E-state index < -0.39 is 11.2 Å². The number of carboxylic acid groups (broad SMARTS) is 1. The number of benzene rings is 2. The molecule has 0 aliphatic rings. The Balaban J connectivity index is 2.26. The third-order valence-corrected chi connectivity index (χ3v) is 5.19. The predicted octanol–water partition coefficient (Wildman–Crippen LogP) is 4.65. The highest BCUT2D eigenvalue weighted by Gasteiger charge is 2.20. The first kappa shape index (κ1) is 19.1. The van der Waals surface area contributed by atoms with E-state index in [0.29, 0.717) is 16.4 Å². The van der Waals surface area contributed by atoms with Gasteiger partial charge in [-0.05, 0) is 42.7 Å². The van der Waals surface area contributed by atoms with E-state index in [2.05, 4.69) is 13.8 Å². The van der Waals surface area contributed by atoms with Gasteiger partial charge in [0.15, 0.2) is 0 Å². The lowest BCUT2D eigenvalue weighted by atomic mass is 10.0. The highest BCUT2D eigenvalue weighted by molar-refractivity contribution is 8.00. The van der Waals surface area contributed by atoms with Crippen molar-refractivity contribution in [1.82, 2.24) is 0 Å². The molecule has 0 aliphatic carbocycles. The van der Waals surface area contributed by atoms with Crippen LogP contribution in [0, 0.1) is 0 Å². The van der Waals surface area contributed by atoms with Gasteiger partial charge >= 0.3 is 5.97 Å². The van der Waals surface area contributed by atoms with Gasteiger partial charge in [0.2, 0.25) is 0 Å². The van der Waals surface area contributed by atoms with Crippen molar-refractivity contribution in [2.75, 3.05) is 11.9 Å². The third-order valence-electron chi connectivity index (χ3n) is 4.02. The number of carbonyl (C=O) groups excluding carboxylic acids is 1. The van der Waals surface area contributed by atoms with Crippen LogP contribution in [0.3, 0.4) is 0 Å². The molecular weight excluding hydrogens is 334 g/mol. The molecule has 0 heterocycles. The van der Waals surface area contributed by atoms with Crippen molar-refractivity contribution in [3.8, 4) is 0 Å². The summed E-state index contributed by atoms with van der Waals surface area (Å²) in [6.45, 7) is 5.87. The minimum absolute atomic E-state index is 0.155. The quantitative estimate of drug-likeness (QED) is 0.765. The zero-order chi connectivity index (χ0) is 18.6. The molecule has 2 rings (SSSR count). The molecule has 0 aliphatic heterocycles. The minimum Gasteiger partial charge on any atom is -0.480 e. The summed E-state index contributed by atoms with van der Waals surface area (Å²) in [5, 5.41) is 8.49. The van der Waals surface area contributed by atoms with Gasteiger partial charge in [0.1, 0.15) is 5.25 Å². The molecule has 0 radical (unpaired) electrons. The molecule has 0 spiro atoms. The third kappa shape index (κ3) is 4.63. The molecular formula is C20H23NO3S. The standard InChI is InChI=1S/C20H23NO3S/c1-13(2)15-9-11-16(12-10-15)21(4)19(22)17-7-5-6-8-18(17)25-14(3)20(23)24/h5-14H,1-4H3,(H,23,24). The lowest BCUT2D eigenvalue weighted by Gasteiger charge is -2.20. The number of hydrogen-bond donors (Lipinski definition) is 1. The van der Waals surface area contributed by atoms with Gasteiger partial charge in [-0.3, -0.25) is 9.59 Å². The van der Waals surface area contributed by atoms with Crippen LogP contribution in [-0.2, 0) is 4.79 Å². The van der Waals surface area contributed by atoms with Crippen molar-refractivity contribution >= 4 is 29.3 Å². The van der Waals surface area contributed by atoms with E-state index in [1.807, 2.05) is 30.3 Å². The van der Waals surface area contributed by atoms with Crippen molar-refractivity contribution in [3.05, 3.63) is 59.7 Å². The topological polar surface area (TPSA) is 57.6 Å². The molecule has 132 valence electrons. The highest BCUT2D eigenvalue weighted by Crippen LogP contribution is 2.29. The number of carboxylic acids is 1. The van der Waals surface area contributed by atoms with E-state index in [-0.39, 0.29) is 5.91 Å². The Morgan fingerprint density at radius 2 is 1.60 bits per heavy atom. The molecule has 2 aromatic rings. The number of hydrogen-bond acceptors (Lipinski definition) is 3. The summed E-state index contributed by atoms with van der Waals surface area (Å²) < 4.78 is 0. The van der Waals surface area contributed by atoms with Crippen molar-refractivity contribution in [2.24, 2.45) is 0 Å². The first-order chi connectivity index (χ1) is 11.8. The van der Waals surface area contributed by atoms with Crippen LogP contribution in [0.1, 0.15) is 42.6 Å². The monoisotopic (exact) mass is 357 g/mol. The van der Waals surface area contributed by atoms with Gasteiger partial charge in [-0.1, -0.05) is 38.1 Å². The molecule has 2 aromatic carbocycles. The molecule has 25 heavy (non-hydrogen) atoms.